The molecule has 0 aromatic heterocycles. The van der Waals surface area contributed by atoms with Crippen LogP contribution in [-0.4, -0.2) is 49.9 Å². The number of carbonyl (C=O) groups excluding carboxylic acids is 2. The van der Waals surface area contributed by atoms with Crippen LogP contribution < -0.4 is 0 Å². The number of rotatable bonds is 5. The van der Waals surface area contributed by atoms with Crippen molar-refractivity contribution in [3.05, 3.63) is 0 Å². The van der Waals surface area contributed by atoms with Crippen LogP contribution in [0.3, 0.4) is 0 Å². The molecule has 1 saturated heterocycles. The van der Waals surface area contributed by atoms with Crippen LogP contribution in [-0.2, 0) is 24.3 Å². The Kier molecular flexibility index (Phi) is 5.37. The third-order valence-corrected chi connectivity index (χ3v) is 6.35. The van der Waals surface area contributed by atoms with Gasteiger partial charge in [-0.05, 0) is 25.7 Å². The zero-order valence-electron chi connectivity index (χ0n) is 12.4. The molecule has 0 radical (unpaired) electrons. The highest BCUT2D eigenvalue weighted by molar-refractivity contribution is 7.89. The van der Waals surface area contributed by atoms with E-state index in [2.05, 4.69) is 4.74 Å². The van der Waals surface area contributed by atoms with Gasteiger partial charge in [0.05, 0.1) is 19.3 Å². The molecule has 0 amide bonds. The van der Waals surface area contributed by atoms with Crippen LogP contribution in [0.2, 0.25) is 0 Å². The van der Waals surface area contributed by atoms with Crippen LogP contribution >= 0.6 is 0 Å². The topological polar surface area (TPSA) is 80.8 Å². The van der Waals surface area contributed by atoms with E-state index in [1.807, 2.05) is 0 Å². The Labute approximate surface area is 125 Å². The highest BCUT2D eigenvalue weighted by Gasteiger charge is 2.41. The molecule has 2 rings (SSSR count). The summed E-state index contributed by atoms with van der Waals surface area (Å²) < 4.78 is 31.0. The molecule has 0 spiro atoms. The molecule has 1 saturated carbocycles. The van der Waals surface area contributed by atoms with Crippen molar-refractivity contribution in [1.82, 2.24) is 4.31 Å². The number of ether oxygens (including phenoxy) is 1. The highest BCUT2D eigenvalue weighted by Crippen LogP contribution is 2.34. The van der Waals surface area contributed by atoms with E-state index in [0.717, 1.165) is 32.1 Å². The van der Waals surface area contributed by atoms with E-state index in [4.69, 9.17) is 0 Å². The van der Waals surface area contributed by atoms with Crippen LogP contribution in [0.4, 0.5) is 0 Å². The van der Waals surface area contributed by atoms with Crippen molar-refractivity contribution in [2.24, 2.45) is 5.92 Å². The molecule has 2 atom stereocenters. The molecule has 0 aromatic rings. The molecule has 7 heteroatoms. The Bertz CT molecular complexity index is 501. The Balaban J connectivity index is 2.10. The van der Waals surface area contributed by atoms with E-state index in [9.17, 15) is 18.0 Å². The van der Waals surface area contributed by atoms with Crippen molar-refractivity contribution in [1.29, 1.82) is 0 Å². The van der Waals surface area contributed by atoms with E-state index >= 15 is 0 Å². The lowest BCUT2D eigenvalue weighted by Crippen LogP contribution is -2.49. The minimum Gasteiger partial charge on any atom is -0.469 e. The molecule has 6 nitrogen and oxygen atoms in total. The molecule has 1 aliphatic heterocycles. The first-order valence-corrected chi connectivity index (χ1v) is 9.15. The van der Waals surface area contributed by atoms with E-state index in [1.165, 1.54) is 11.4 Å². The van der Waals surface area contributed by atoms with Gasteiger partial charge >= 0.3 is 5.97 Å². The maximum absolute atomic E-state index is 12.5. The first-order chi connectivity index (χ1) is 9.95. The quantitative estimate of drug-likeness (QED) is 0.709. The second-order valence-electron chi connectivity index (χ2n) is 5.78. The lowest BCUT2D eigenvalue weighted by Gasteiger charge is -2.37. The average Bonchev–Trinajstić information content (AvgIpc) is 2.91. The van der Waals surface area contributed by atoms with Gasteiger partial charge in [0.2, 0.25) is 10.0 Å². The third kappa shape index (κ3) is 3.83. The molecule has 120 valence electrons. The van der Waals surface area contributed by atoms with E-state index in [0.29, 0.717) is 13.0 Å². The number of hydrogen-bond donors (Lipinski definition) is 0. The van der Waals surface area contributed by atoms with Crippen LogP contribution in [0.25, 0.3) is 0 Å². The molecule has 1 heterocycles. The first kappa shape index (κ1) is 16.4. The highest BCUT2D eigenvalue weighted by atomic mass is 32.2. The summed E-state index contributed by atoms with van der Waals surface area (Å²) in [6.07, 6.45) is 4.58. The minimum atomic E-state index is -3.52. The summed E-state index contributed by atoms with van der Waals surface area (Å²) in [5.74, 6) is -0.728. The van der Waals surface area contributed by atoms with Gasteiger partial charge in [-0.2, -0.15) is 4.31 Å². The largest absolute Gasteiger partial charge is 0.469 e. The number of piperidine rings is 1. The maximum Gasteiger partial charge on any atom is 0.306 e. The predicted octanol–water partition coefficient (Wildman–Crippen LogP) is 1.10. The summed E-state index contributed by atoms with van der Waals surface area (Å²) in [6.45, 7) is 0.456. The van der Waals surface area contributed by atoms with Gasteiger partial charge in [-0.3, -0.25) is 9.59 Å². The van der Waals surface area contributed by atoms with Gasteiger partial charge < -0.3 is 4.74 Å². The van der Waals surface area contributed by atoms with Crippen molar-refractivity contribution >= 4 is 21.8 Å². The molecule has 0 bridgehead atoms. The average molecular weight is 317 g/mol. The molecule has 0 N–H and O–H groups in total. The summed E-state index contributed by atoms with van der Waals surface area (Å²) in [5.41, 5.74) is 0. The van der Waals surface area contributed by atoms with Crippen molar-refractivity contribution < 1.29 is 22.7 Å². The molecule has 2 unspecified atom stereocenters. The summed E-state index contributed by atoms with van der Waals surface area (Å²) in [4.78, 5) is 23.1. The third-order valence-electron chi connectivity index (χ3n) is 4.46. The lowest BCUT2D eigenvalue weighted by molar-refractivity contribution is -0.140. The molecule has 0 aromatic carbocycles. The van der Waals surface area contributed by atoms with Crippen LogP contribution in [0.1, 0.15) is 44.9 Å². The number of hydrogen-bond acceptors (Lipinski definition) is 5. The number of carbonyl (C=O) groups is 2. The zero-order valence-corrected chi connectivity index (χ0v) is 13.2. The van der Waals surface area contributed by atoms with Gasteiger partial charge in [-0.15, -0.1) is 0 Å². The monoisotopic (exact) mass is 317 g/mol. The Morgan fingerprint density at radius 1 is 1.29 bits per heavy atom. The number of methoxy groups -OCH3 is 1. The molecular formula is C14H23NO5S. The maximum atomic E-state index is 12.5. The van der Waals surface area contributed by atoms with Crippen molar-refractivity contribution in [2.45, 2.75) is 51.0 Å². The van der Waals surface area contributed by atoms with Crippen LogP contribution in [0.5, 0.6) is 0 Å². The van der Waals surface area contributed by atoms with Gasteiger partial charge in [0.1, 0.15) is 5.78 Å². The lowest BCUT2D eigenvalue weighted by atomic mass is 9.90. The van der Waals surface area contributed by atoms with Crippen LogP contribution in [0, 0.1) is 5.92 Å². The Morgan fingerprint density at radius 2 is 2.05 bits per heavy atom. The van der Waals surface area contributed by atoms with E-state index in [1.54, 1.807) is 0 Å². The molecule has 2 aliphatic rings. The fourth-order valence-electron chi connectivity index (χ4n) is 3.36. The molecule has 1 aliphatic carbocycles. The normalized spacial score (nSPS) is 27.8. The minimum absolute atomic E-state index is 0.138. The van der Waals surface area contributed by atoms with Crippen molar-refractivity contribution in [3.8, 4) is 0 Å². The predicted molar refractivity (Wildman–Crippen MR) is 77.1 cm³/mol. The number of Topliss-reactive ketones (excluding diaryl/α,β-unsaturated/α-hetero) is 1. The van der Waals surface area contributed by atoms with Gasteiger partial charge in [0, 0.05) is 24.9 Å². The number of esters is 1. The SMILES string of the molecule is COC(=O)CCS(=O)(=O)N1CCCCC1C1CCCC1=O. The summed E-state index contributed by atoms with van der Waals surface area (Å²) in [7, 11) is -2.27. The fourth-order valence-corrected chi connectivity index (χ4v) is 5.09. The second kappa shape index (κ2) is 6.87. The summed E-state index contributed by atoms with van der Waals surface area (Å²) in [6, 6.07) is -0.212. The van der Waals surface area contributed by atoms with Gasteiger partial charge in [-0.25, -0.2) is 8.42 Å². The summed E-state index contributed by atoms with van der Waals surface area (Å²) in [5, 5.41) is 0. The van der Waals surface area contributed by atoms with Crippen molar-refractivity contribution in [3.63, 3.8) is 0 Å². The number of sulfonamides is 1. The Morgan fingerprint density at radius 3 is 2.67 bits per heavy atom. The van der Waals surface area contributed by atoms with Crippen molar-refractivity contribution in [2.75, 3.05) is 19.4 Å². The first-order valence-electron chi connectivity index (χ1n) is 7.55. The standard InChI is InChI=1S/C14H23NO5S/c1-20-14(17)8-10-21(18,19)15-9-3-2-6-12(15)11-5-4-7-13(11)16/h11-12H,2-10H2,1H3. The van der Waals surface area contributed by atoms with Crippen LogP contribution in [0.15, 0.2) is 0 Å². The van der Waals surface area contributed by atoms with Gasteiger partial charge in [-0.1, -0.05) is 6.42 Å². The second-order valence-corrected chi connectivity index (χ2v) is 7.82. The fraction of sp³-hybridized carbons (Fsp3) is 0.857. The van der Waals surface area contributed by atoms with Gasteiger partial charge in [0.25, 0.3) is 0 Å². The summed E-state index contributed by atoms with van der Waals surface area (Å²) >= 11 is 0. The molecule has 2 fully saturated rings. The smallest absolute Gasteiger partial charge is 0.306 e. The van der Waals surface area contributed by atoms with Gasteiger partial charge in [0.15, 0.2) is 0 Å². The number of nitrogens with zero attached hydrogens (tertiary/aromatic N) is 1. The Hall–Kier alpha value is -0.950. The molecule has 21 heavy (non-hydrogen) atoms. The van der Waals surface area contributed by atoms with E-state index < -0.39 is 16.0 Å². The van der Waals surface area contributed by atoms with E-state index in [-0.39, 0.29) is 29.9 Å². The zero-order chi connectivity index (χ0) is 15.5. The number of ketones is 1. The molecular weight excluding hydrogens is 294 g/mol.